The SMILES string of the molecule is C=C[C@]1(CCc2cc(F)c3cc(Cl)c(N)nc3c2)CC[C@@]2(n3ccc4c(Cl)ncnc43)OC(C)(C)O[C@H]12. The Kier molecular flexibility index (Phi) is 5.55. The number of hydrogen-bond donors (Lipinski definition) is 1. The molecule has 10 heteroatoms. The number of ether oxygens (including phenoxy) is 2. The molecule has 3 aromatic heterocycles. The highest BCUT2D eigenvalue weighted by Gasteiger charge is 2.66. The fourth-order valence-electron chi connectivity index (χ4n) is 6.06. The molecule has 0 radical (unpaired) electrons. The van der Waals surface area contributed by atoms with Crippen molar-refractivity contribution in [3.05, 3.63) is 71.0 Å². The standard InChI is InChI=1S/C27H26Cl2FN5O2/c1-4-26(7-5-15-11-19(30)17-13-18(28)22(31)34-20(17)12-15)8-9-27(24(26)36-25(2,3)37-27)35-10-6-16-21(29)32-14-33-23(16)35/h4,6,10-14,24H,1,5,7-9H2,2-3H3,(H2,31,34)/t24-,26+,27-/m1/s1. The van der Waals surface area contributed by atoms with Crippen LogP contribution in [0.5, 0.6) is 0 Å². The van der Waals surface area contributed by atoms with Gasteiger partial charge in [0.1, 0.15) is 34.9 Å². The number of nitrogen functional groups attached to an aromatic ring is 1. The van der Waals surface area contributed by atoms with E-state index in [0.717, 1.165) is 17.4 Å². The second kappa shape index (κ2) is 8.36. The Morgan fingerprint density at radius 1 is 1.22 bits per heavy atom. The maximum Gasteiger partial charge on any atom is 0.176 e. The summed E-state index contributed by atoms with van der Waals surface area (Å²) in [4.78, 5) is 12.9. The molecule has 1 aromatic carbocycles. The Bertz CT molecular complexity index is 1570. The molecule has 2 N–H and O–H groups in total. The van der Waals surface area contributed by atoms with Gasteiger partial charge in [0.2, 0.25) is 0 Å². The van der Waals surface area contributed by atoms with Crippen LogP contribution in [0.1, 0.15) is 38.7 Å². The van der Waals surface area contributed by atoms with E-state index in [1.165, 1.54) is 18.5 Å². The Labute approximate surface area is 223 Å². The summed E-state index contributed by atoms with van der Waals surface area (Å²) in [6.07, 6.45) is 7.70. The molecule has 7 nitrogen and oxygen atoms in total. The summed E-state index contributed by atoms with van der Waals surface area (Å²) in [7, 11) is 0. The van der Waals surface area contributed by atoms with Crippen molar-refractivity contribution < 1.29 is 13.9 Å². The van der Waals surface area contributed by atoms with Crippen molar-refractivity contribution in [3.63, 3.8) is 0 Å². The number of halogens is 3. The van der Waals surface area contributed by atoms with Crippen LogP contribution in [0, 0.1) is 11.2 Å². The first-order valence-electron chi connectivity index (χ1n) is 12.1. The molecular formula is C27H26Cl2FN5O2. The maximum absolute atomic E-state index is 15.0. The van der Waals surface area contributed by atoms with E-state index in [1.807, 2.05) is 42.8 Å². The molecule has 2 fully saturated rings. The van der Waals surface area contributed by atoms with Gasteiger partial charge in [0.25, 0.3) is 0 Å². The van der Waals surface area contributed by atoms with E-state index >= 15 is 0 Å². The van der Waals surface area contributed by atoms with Crippen molar-refractivity contribution in [1.29, 1.82) is 0 Å². The van der Waals surface area contributed by atoms with Crippen LogP contribution in [0.2, 0.25) is 10.2 Å². The first-order valence-corrected chi connectivity index (χ1v) is 12.9. The molecular weight excluding hydrogens is 516 g/mol. The predicted molar refractivity (Wildman–Crippen MR) is 142 cm³/mol. The number of anilines is 1. The molecule has 1 aliphatic heterocycles. The molecule has 4 aromatic rings. The topological polar surface area (TPSA) is 88.1 Å². The third kappa shape index (κ3) is 3.73. The van der Waals surface area contributed by atoms with Crippen LogP contribution < -0.4 is 5.73 Å². The van der Waals surface area contributed by atoms with E-state index in [1.54, 1.807) is 0 Å². The number of rotatable bonds is 5. The highest BCUT2D eigenvalue weighted by molar-refractivity contribution is 6.34. The van der Waals surface area contributed by atoms with Crippen LogP contribution in [0.15, 0.2) is 49.4 Å². The molecule has 0 unspecified atom stereocenters. The summed E-state index contributed by atoms with van der Waals surface area (Å²) in [5, 5.41) is 1.71. The van der Waals surface area contributed by atoms with E-state index in [-0.39, 0.29) is 22.8 Å². The molecule has 0 spiro atoms. The van der Waals surface area contributed by atoms with Gasteiger partial charge in [-0.05, 0) is 69.4 Å². The van der Waals surface area contributed by atoms with E-state index in [0.29, 0.717) is 41.0 Å². The second-order valence-corrected chi connectivity index (χ2v) is 11.1. The molecule has 6 rings (SSSR count). The zero-order valence-corrected chi connectivity index (χ0v) is 22.0. The van der Waals surface area contributed by atoms with Crippen molar-refractivity contribution in [1.82, 2.24) is 19.5 Å². The zero-order valence-electron chi connectivity index (χ0n) is 20.5. The number of hydrogen-bond acceptors (Lipinski definition) is 6. The Morgan fingerprint density at radius 3 is 2.81 bits per heavy atom. The van der Waals surface area contributed by atoms with Crippen molar-refractivity contribution in [2.75, 3.05) is 5.73 Å². The zero-order chi connectivity index (χ0) is 26.2. The summed E-state index contributed by atoms with van der Waals surface area (Å²) in [5.74, 6) is -1.04. The number of aryl methyl sites for hydroxylation is 1. The van der Waals surface area contributed by atoms with Crippen molar-refractivity contribution in [2.24, 2.45) is 5.41 Å². The quantitative estimate of drug-likeness (QED) is 0.232. The van der Waals surface area contributed by atoms with E-state index in [9.17, 15) is 4.39 Å². The largest absolute Gasteiger partial charge is 0.382 e. The number of nitrogens with two attached hydrogens (primary N) is 1. The molecule has 0 bridgehead atoms. The summed E-state index contributed by atoms with van der Waals surface area (Å²) < 4.78 is 30.2. The number of benzene rings is 1. The van der Waals surface area contributed by atoms with Gasteiger partial charge in [-0.25, -0.2) is 19.3 Å². The summed E-state index contributed by atoms with van der Waals surface area (Å²) in [6.45, 7) is 8.03. The highest BCUT2D eigenvalue weighted by atomic mass is 35.5. The molecule has 4 heterocycles. The fourth-order valence-corrected chi connectivity index (χ4v) is 6.40. The normalized spacial score (nSPS) is 26.7. The van der Waals surface area contributed by atoms with Gasteiger partial charge in [0.05, 0.1) is 15.9 Å². The van der Waals surface area contributed by atoms with Crippen LogP contribution in [-0.4, -0.2) is 31.4 Å². The van der Waals surface area contributed by atoms with Crippen LogP contribution >= 0.6 is 23.2 Å². The maximum atomic E-state index is 15.0. The predicted octanol–water partition coefficient (Wildman–Crippen LogP) is 6.41. The lowest BCUT2D eigenvalue weighted by molar-refractivity contribution is -0.188. The van der Waals surface area contributed by atoms with E-state index < -0.39 is 16.9 Å². The molecule has 37 heavy (non-hydrogen) atoms. The van der Waals surface area contributed by atoms with Crippen LogP contribution in [-0.2, 0) is 21.6 Å². The molecule has 1 aliphatic carbocycles. The average molecular weight is 542 g/mol. The second-order valence-electron chi connectivity index (χ2n) is 10.4. The minimum atomic E-state index is -0.831. The van der Waals surface area contributed by atoms with Gasteiger partial charge in [-0.2, -0.15) is 0 Å². The number of pyridine rings is 1. The van der Waals surface area contributed by atoms with Crippen molar-refractivity contribution in [3.8, 4) is 0 Å². The highest BCUT2D eigenvalue weighted by Crippen LogP contribution is 2.60. The Hall–Kier alpha value is -2.78. The van der Waals surface area contributed by atoms with Crippen LogP contribution in [0.3, 0.4) is 0 Å². The van der Waals surface area contributed by atoms with Crippen LogP contribution in [0.25, 0.3) is 21.9 Å². The van der Waals surface area contributed by atoms with Crippen molar-refractivity contribution >= 4 is 51.0 Å². The lowest BCUT2D eigenvalue weighted by Gasteiger charge is -2.35. The lowest BCUT2D eigenvalue weighted by Crippen LogP contribution is -2.44. The summed E-state index contributed by atoms with van der Waals surface area (Å²) in [6, 6.07) is 6.80. The van der Waals surface area contributed by atoms with Gasteiger partial charge in [0, 0.05) is 17.0 Å². The van der Waals surface area contributed by atoms with Gasteiger partial charge in [-0.15, -0.1) is 6.58 Å². The molecule has 1 saturated carbocycles. The van der Waals surface area contributed by atoms with Crippen molar-refractivity contribution in [2.45, 2.75) is 57.1 Å². The first kappa shape index (κ1) is 24.6. The Morgan fingerprint density at radius 2 is 2.03 bits per heavy atom. The minimum Gasteiger partial charge on any atom is -0.382 e. The minimum absolute atomic E-state index is 0.176. The van der Waals surface area contributed by atoms with Gasteiger partial charge in [-0.3, -0.25) is 0 Å². The molecule has 0 amide bonds. The van der Waals surface area contributed by atoms with Gasteiger partial charge >= 0.3 is 0 Å². The first-order chi connectivity index (χ1) is 17.6. The Balaban J connectivity index is 1.38. The molecule has 192 valence electrons. The third-order valence-electron chi connectivity index (χ3n) is 7.75. The van der Waals surface area contributed by atoms with Gasteiger partial charge in [-0.1, -0.05) is 29.3 Å². The number of nitrogens with zero attached hydrogens (tertiary/aromatic N) is 4. The smallest absolute Gasteiger partial charge is 0.176 e. The third-order valence-corrected chi connectivity index (χ3v) is 8.36. The van der Waals surface area contributed by atoms with Gasteiger partial charge < -0.3 is 19.8 Å². The van der Waals surface area contributed by atoms with Crippen LogP contribution in [0.4, 0.5) is 10.2 Å². The average Bonchev–Trinajstić information content (AvgIpc) is 3.49. The monoisotopic (exact) mass is 541 g/mol. The molecule has 1 saturated heterocycles. The van der Waals surface area contributed by atoms with E-state index in [2.05, 4.69) is 21.5 Å². The van der Waals surface area contributed by atoms with Gasteiger partial charge in [0.15, 0.2) is 11.5 Å². The summed E-state index contributed by atoms with van der Waals surface area (Å²) in [5.41, 5.74) is 6.60. The number of aromatic nitrogens is 4. The molecule has 3 atom stereocenters. The number of fused-ring (bicyclic) bond motifs is 3. The fraction of sp³-hybridized carbons (Fsp3) is 0.370. The molecule has 2 aliphatic rings. The van der Waals surface area contributed by atoms with E-state index in [4.69, 9.17) is 38.4 Å². The summed E-state index contributed by atoms with van der Waals surface area (Å²) >= 11 is 12.4. The lowest BCUT2D eigenvalue weighted by atomic mass is 9.78.